The van der Waals surface area contributed by atoms with Gasteiger partial charge in [0.15, 0.2) is 0 Å². The lowest BCUT2D eigenvalue weighted by molar-refractivity contribution is -0.128. The number of para-hydroxylation sites is 1. The van der Waals surface area contributed by atoms with Gasteiger partial charge in [0, 0.05) is 24.0 Å². The van der Waals surface area contributed by atoms with Crippen molar-refractivity contribution >= 4 is 34.3 Å². The number of hydrogen-bond donors (Lipinski definition) is 2. The predicted octanol–water partition coefficient (Wildman–Crippen LogP) is 3.27. The zero-order chi connectivity index (χ0) is 18.3. The number of piperazine rings is 1. The van der Waals surface area contributed by atoms with Crippen molar-refractivity contribution in [3.63, 3.8) is 0 Å². The number of benzene rings is 2. The molecule has 1 unspecified atom stereocenters. The molecule has 2 aromatic carbocycles. The molecule has 1 saturated heterocycles. The van der Waals surface area contributed by atoms with Crippen LogP contribution in [0.3, 0.4) is 0 Å². The molecule has 132 valence electrons. The Morgan fingerprint density at radius 2 is 2.00 bits per heavy atom. The van der Waals surface area contributed by atoms with Gasteiger partial charge in [-0.3, -0.25) is 9.59 Å². The van der Waals surface area contributed by atoms with E-state index in [-0.39, 0.29) is 11.6 Å². The Labute approximate surface area is 153 Å². The maximum atomic E-state index is 13.6. The highest BCUT2D eigenvalue weighted by molar-refractivity contribution is 6.38. The first kappa shape index (κ1) is 16.6. The minimum atomic E-state index is -0.908. The number of hydrogen-bond acceptors (Lipinski definition) is 2. The summed E-state index contributed by atoms with van der Waals surface area (Å²) in [6, 6.07) is 12.1. The van der Waals surface area contributed by atoms with Crippen molar-refractivity contribution in [2.75, 3.05) is 13.1 Å². The molecule has 26 heavy (non-hydrogen) atoms. The summed E-state index contributed by atoms with van der Waals surface area (Å²) in [5.41, 5.74) is 1.39. The molecule has 0 saturated carbocycles. The van der Waals surface area contributed by atoms with Crippen molar-refractivity contribution in [3.8, 4) is 0 Å². The maximum Gasteiger partial charge on any atom is 0.272 e. The monoisotopic (exact) mass is 371 g/mol. The predicted molar refractivity (Wildman–Crippen MR) is 96.5 cm³/mol. The summed E-state index contributed by atoms with van der Waals surface area (Å²) in [5, 5.41) is 3.78. The molecule has 1 aliphatic heterocycles. The van der Waals surface area contributed by atoms with Gasteiger partial charge in [0.25, 0.3) is 5.91 Å². The molecule has 5 nitrogen and oxygen atoms in total. The number of fused-ring (bicyclic) bond motifs is 1. The van der Waals surface area contributed by atoms with E-state index in [2.05, 4.69) is 10.3 Å². The molecule has 0 spiro atoms. The lowest BCUT2D eigenvalue weighted by atomic mass is 10.0. The summed E-state index contributed by atoms with van der Waals surface area (Å²) in [6.07, 6.45) is 0. The molecule has 7 heteroatoms. The molecule has 0 bridgehead atoms. The molecule has 0 aliphatic carbocycles. The summed E-state index contributed by atoms with van der Waals surface area (Å²) >= 11 is 6.39. The van der Waals surface area contributed by atoms with Crippen LogP contribution in [-0.2, 0) is 4.79 Å². The number of nitrogens with one attached hydrogen (secondary N) is 2. The largest absolute Gasteiger partial charge is 0.352 e. The number of carbonyl (C=O) groups is 2. The summed E-state index contributed by atoms with van der Waals surface area (Å²) in [7, 11) is 0. The van der Waals surface area contributed by atoms with Gasteiger partial charge in [-0.05, 0) is 23.8 Å². The van der Waals surface area contributed by atoms with Gasteiger partial charge >= 0.3 is 0 Å². The first-order valence-electron chi connectivity index (χ1n) is 8.16. The van der Waals surface area contributed by atoms with Crippen molar-refractivity contribution in [1.29, 1.82) is 0 Å². The fourth-order valence-electron chi connectivity index (χ4n) is 3.29. The van der Waals surface area contributed by atoms with Gasteiger partial charge in [0.05, 0.1) is 5.02 Å². The van der Waals surface area contributed by atoms with Crippen LogP contribution in [0.4, 0.5) is 4.39 Å². The molecule has 1 fully saturated rings. The van der Waals surface area contributed by atoms with Crippen LogP contribution in [0.2, 0.25) is 5.02 Å². The molecule has 1 aromatic heterocycles. The third-order valence-electron chi connectivity index (χ3n) is 4.49. The quantitative estimate of drug-likeness (QED) is 0.726. The topological polar surface area (TPSA) is 65.2 Å². The van der Waals surface area contributed by atoms with E-state index in [0.717, 1.165) is 10.9 Å². The highest BCUT2D eigenvalue weighted by Gasteiger charge is 2.36. The second-order valence-corrected chi connectivity index (χ2v) is 6.48. The molecule has 2 N–H and O–H groups in total. The minimum Gasteiger partial charge on any atom is -0.352 e. The molecule has 0 radical (unpaired) electrons. The number of aromatic amines is 1. The summed E-state index contributed by atoms with van der Waals surface area (Å²) < 4.78 is 13.6. The van der Waals surface area contributed by atoms with E-state index in [4.69, 9.17) is 11.6 Å². The Bertz CT molecular complexity index is 1020. The van der Waals surface area contributed by atoms with Gasteiger partial charge in [-0.25, -0.2) is 4.39 Å². The lowest BCUT2D eigenvalue weighted by Crippen LogP contribution is -2.52. The van der Waals surface area contributed by atoms with Gasteiger partial charge in [0.1, 0.15) is 17.6 Å². The maximum absolute atomic E-state index is 13.6. The normalized spacial score (nSPS) is 17.4. The third-order valence-corrected chi connectivity index (χ3v) is 4.89. The van der Waals surface area contributed by atoms with Crippen molar-refractivity contribution < 1.29 is 14.0 Å². The van der Waals surface area contributed by atoms with E-state index in [1.165, 1.54) is 23.1 Å². The smallest absolute Gasteiger partial charge is 0.272 e. The number of rotatable bonds is 2. The second-order valence-electron chi connectivity index (χ2n) is 6.11. The highest BCUT2D eigenvalue weighted by atomic mass is 35.5. The summed E-state index contributed by atoms with van der Waals surface area (Å²) in [5.74, 6) is -1.20. The van der Waals surface area contributed by atoms with E-state index in [0.29, 0.717) is 23.7 Å². The van der Waals surface area contributed by atoms with Crippen molar-refractivity contribution in [3.05, 3.63) is 70.6 Å². The molecule has 2 amide bonds. The molecule has 1 aliphatic rings. The Kier molecular flexibility index (Phi) is 4.12. The lowest BCUT2D eigenvalue weighted by Gasteiger charge is -2.35. The average Bonchev–Trinajstić information content (AvgIpc) is 2.98. The number of aromatic nitrogens is 1. The Morgan fingerprint density at radius 3 is 2.77 bits per heavy atom. The zero-order valence-electron chi connectivity index (χ0n) is 13.6. The molecular weight excluding hydrogens is 357 g/mol. The molecule has 3 aromatic rings. The van der Waals surface area contributed by atoms with E-state index in [1.54, 1.807) is 6.07 Å². The van der Waals surface area contributed by atoms with Crippen LogP contribution in [0.5, 0.6) is 0 Å². The first-order valence-corrected chi connectivity index (χ1v) is 8.54. The van der Waals surface area contributed by atoms with E-state index in [9.17, 15) is 14.0 Å². The van der Waals surface area contributed by atoms with Gasteiger partial charge in [0.2, 0.25) is 5.91 Å². The van der Waals surface area contributed by atoms with Crippen LogP contribution in [0, 0.1) is 5.82 Å². The summed E-state index contributed by atoms with van der Waals surface area (Å²) in [6.45, 7) is 0.631. The van der Waals surface area contributed by atoms with Crippen LogP contribution in [0.15, 0.2) is 48.5 Å². The fraction of sp³-hybridized carbons (Fsp3) is 0.158. The van der Waals surface area contributed by atoms with Crippen LogP contribution in [0.1, 0.15) is 22.1 Å². The number of nitrogens with zero attached hydrogens (tertiary/aromatic N) is 1. The van der Waals surface area contributed by atoms with Gasteiger partial charge in [-0.15, -0.1) is 0 Å². The van der Waals surface area contributed by atoms with Crippen LogP contribution in [0.25, 0.3) is 10.9 Å². The standard InChI is InChI=1S/C19H15ClFN3O2/c20-15-13-6-1-2-7-14(13)23-16(15)19(26)24-9-8-22-18(25)17(24)11-4-3-5-12(21)10-11/h1-7,10,17,23H,8-9H2,(H,22,25). The SMILES string of the molecule is O=C1NCCN(C(=O)c2[nH]c3ccccc3c2Cl)C1c1cccc(F)c1. The Morgan fingerprint density at radius 1 is 1.19 bits per heavy atom. The van der Waals surface area contributed by atoms with Crippen molar-refractivity contribution in [2.24, 2.45) is 0 Å². The van der Waals surface area contributed by atoms with Crippen LogP contribution >= 0.6 is 11.6 Å². The Hall–Kier alpha value is -2.86. The van der Waals surface area contributed by atoms with Gasteiger partial charge in [-0.2, -0.15) is 0 Å². The second kappa shape index (κ2) is 6.46. The Balaban J connectivity index is 1.77. The molecule has 4 rings (SSSR count). The minimum absolute atomic E-state index is 0.226. The van der Waals surface area contributed by atoms with Gasteiger partial charge < -0.3 is 15.2 Å². The average molecular weight is 372 g/mol. The molecular formula is C19H15ClFN3O2. The van der Waals surface area contributed by atoms with E-state index < -0.39 is 17.8 Å². The summed E-state index contributed by atoms with van der Waals surface area (Å²) in [4.78, 5) is 30.0. The number of amides is 2. The number of H-pyrrole nitrogens is 1. The van der Waals surface area contributed by atoms with Crippen molar-refractivity contribution in [1.82, 2.24) is 15.2 Å². The zero-order valence-corrected chi connectivity index (χ0v) is 14.4. The first-order chi connectivity index (χ1) is 12.6. The van der Waals surface area contributed by atoms with Crippen molar-refractivity contribution in [2.45, 2.75) is 6.04 Å². The van der Waals surface area contributed by atoms with Crippen LogP contribution < -0.4 is 5.32 Å². The fourth-order valence-corrected chi connectivity index (χ4v) is 3.59. The highest BCUT2D eigenvalue weighted by Crippen LogP contribution is 2.31. The molecule has 1 atom stereocenters. The molecule has 2 heterocycles. The van der Waals surface area contributed by atoms with E-state index in [1.807, 2.05) is 24.3 Å². The third kappa shape index (κ3) is 2.72. The van der Waals surface area contributed by atoms with Gasteiger partial charge in [-0.1, -0.05) is 41.9 Å². The number of halogens is 2. The van der Waals surface area contributed by atoms with E-state index >= 15 is 0 Å². The number of carbonyl (C=O) groups excluding carboxylic acids is 2. The van der Waals surface area contributed by atoms with Crippen LogP contribution in [-0.4, -0.2) is 34.8 Å².